The lowest BCUT2D eigenvalue weighted by Crippen LogP contribution is -2.39. The van der Waals surface area contributed by atoms with Crippen molar-refractivity contribution in [3.63, 3.8) is 0 Å². The number of sulfonamides is 1. The van der Waals surface area contributed by atoms with Crippen LogP contribution in [-0.2, 0) is 21.4 Å². The summed E-state index contributed by atoms with van der Waals surface area (Å²) >= 11 is 0. The van der Waals surface area contributed by atoms with Crippen LogP contribution in [0.3, 0.4) is 0 Å². The van der Waals surface area contributed by atoms with Crippen molar-refractivity contribution in [1.82, 2.24) is 9.21 Å². The number of aryl methyl sites for hydroxylation is 1. The van der Waals surface area contributed by atoms with Crippen molar-refractivity contribution >= 4 is 21.6 Å². The van der Waals surface area contributed by atoms with E-state index in [0.717, 1.165) is 0 Å². The topological polar surface area (TPSA) is 79.0 Å². The number of amides is 1. The first-order chi connectivity index (χ1) is 15.0. The Balaban J connectivity index is 2.15. The molecule has 1 amide bonds. The molecule has 2 rings (SSSR count). The molecule has 0 aromatic heterocycles. The second kappa shape index (κ2) is 10.9. The lowest BCUT2D eigenvalue weighted by Gasteiger charge is -2.24. The summed E-state index contributed by atoms with van der Waals surface area (Å²) < 4.78 is 46.1. The molecule has 0 fully saturated rings. The second-order valence-corrected chi connectivity index (χ2v) is 9.53. The number of hydrogen-bond donors (Lipinski definition) is 1. The van der Waals surface area contributed by atoms with Crippen molar-refractivity contribution in [3.05, 3.63) is 53.3 Å². The van der Waals surface area contributed by atoms with Crippen LogP contribution in [-0.4, -0.2) is 56.8 Å². The van der Waals surface area contributed by atoms with Gasteiger partial charge in [-0.2, -0.15) is 4.31 Å². The van der Waals surface area contributed by atoms with Gasteiger partial charge in [0.2, 0.25) is 15.9 Å². The highest BCUT2D eigenvalue weighted by atomic mass is 32.2. The Bertz CT molecular complexity index is 1060. The number of nitrogens with zero attached hydrogens (tertiary/aromatic N) is 2. The fourth-order valence-electron chi connectivity index (χ4n) is 3.34. The van der Waals surface area contributed by atoms with E-state index < -0.39 is 21.9 Å². The average molecular weight is 466 g/mol. The van der Waals surface area contributed by atoms with E-state index in [2.05, 4.69) is 5.32 Å². The number of likely N-dealkylation sites (N-methyl/N-ethyl adjacent to an activating group) is 1. The van der Waals surface area contributed by atoms with Gasteiger partial charge in [-0.3, -0.25) is 9.69 Å². The number of ether oxygens (including phenoxy) is 1. The quantitative estimate of drug-likeness (QED) is 0.580. The van der Waals surface area contributed by atoms with E-state index in [9.17, 15) is 17.6 Å². The van der Waals surface area contributed by atoms with E-state index >= 15 is 0 Å². The summed E-state index contributed by atoms with van der Waals surface area (Å²) in [5.41, 5.74) is 1.72. The van der Waals surface area contributed by atoms with Crippen molar-refractivity contribution in [2.45, 2.75) is 45.2 Å². The number of anilines is 1. The van der Waals surface area contributed by atoms with Gasteiger partial charge in [-0.05, 0) is 56.3 Å². The summed E-state index contributed by atoms with van der Waals surface area (Å²) in [6, 6.07) is 8.99. The first kappa shape index (κ1) is 25.8. The van der Waals surface area contributed by atoms with Gasteiger partial charge >= 0.3 is 0 Å². The fraction of sp³-hybridized carbons (Fsp3) is 0.435. The predicted octanol–water partition coefficient (Wildman–Crippen LogP) is 3.63. The van der Waals surface area contributed by atoms with Gasteiger partial charge in [0.25, 0.3) is 0 Å². The Morgan fingerprint density at radius 1 is 1.16 bits per heavy atom. The van der Waals surface area contributed by atoms with E-state index in [-0.39, 0.29) is 16.6 Å². The van der Waals surface area contributed by atoms with E-state index in [1.165, 1.54) is 23.5 Å². The predicted molar refractivity (Wildman–Crippen MR) is 124 cm³/mol. The third-order valence-electron chi connectivity index (χ3n) is 5.47. The molecule has 1 N–H and O–H groups in total. The summed E-state index contributed by atoms with van der Waals surface area (Å²) in [7, 11) is -0.487. The third-order valence-corrected chi connectivity index (χ3v) is 7.66. The zero-order valence-corrected chi connectivity index (χ0v) is 20.3. The monoisotopic (exact) mass is 465 g/mol. The number of hydrogen-bond acceptors (Lipinski definition) is 5. The molecule has 176 valence electrons. The molecule has 0 radical (unpaired) electrons. The van der Waals surface area contributed by atoms with Crippen molar-refractivity contribution in [1.29, 1.82) is 0 Å². The number of carbonyl (C=O) groups excluding carboxylic acids is 1. The first-order valence-corrected chi connectivity index (χ1v) is 11.9. The lowest BCUT2D eigenvalue weighted by atomic mass is 10.1. The molecule has 2 aromatic carbocycles. The van der Waals surface area contributed by atoms with Crippen LogP contribution in [0, 0.1) is 12.7 Å². The van der Waals surface area contributed by atoms with Gasteiger partial charge in [-0.1, -0.05) is 26.0 Å². The van der Waals surface area contributed by atoms with E-state index in [1.54, 1.807) is 63.9 Å². The molecule has 7 nitrogen and oxygen atoms in total. The van der Waals surface area contributed by atoms with E-state index in [4.69, 9.17) is 4.74 Å². The zero-order chi connectivity index (χ0) is 24.1. The molecular weight excluding hydrogens is 433 g/mol. The Morgan fingerprint density at radius 3 is 2.38 bits per heavy atom. The van der Waals surface area contributed by atoms with Crippen LogP contribution in [0.15, 0.2) is 41.3 Å². The number of benzene rings is 2. The number of carbonyl (C=O) groups is 1. The van der Waals surface area contributed by atoms with E-state index in [0.29, 0.717) is 36.4 Å². The molecule has 1 unspecified atom stereocenters. The molecule has 32 heavy (non-hydrogen) atoms. The Kier molecular flexibility index (Phi) is 8.77. The van der Waals surface area contributed by atoms with Gasteiger partial charge in [0.1, 0.15) is 0 Å². The minimum absolute atomic E-state index is 0.164. The fourth-order valence-corrected chi connectivity index (χ4v) is 5.05. The van der Waals surface area contributed by atoms with Gasteiger partial charge in [0.05, 0.1) is 18.0 Å². The van der Waals surface area contributed by atoms with Gasteiger partial charge in [-0.25, -0.2) is 12.8 Å². The molecule has 0 aliphatic carbocycles. The lowest BCUT2D eigenvalue weighted by molar-refractivity contribution is -0.120. The Labute approximate surface area is 190 Å². The molecule has 0 spiro atoms. The maximum atomic E-state index is 13.9. The van der Waals surface area contributed by atoms with Crippen molar-refractivity contribution < 1.29 is 22.3 Å². The Hall–Kier alpha value is -2.49. The van der Waals surface area contributed by atoms with Gasteiger partial charge < -0.3 is 10.1 Å². The summed E-state index contributed by atoms with van der Waals surface area (Å²) in [6.07, 6.45) is 0. The van der Waals surface area contributed by atoms with Gasteiger partial charge in [0, 0.05) is 25.3 Å². The van der Waals surface area contributed by atoms with Crippen LogP contribution < -0.4 is 10.1 Å². The van der Waals surface area contributed by atoms with Crippen molar-refractivity contribution in [3.8, 4) is 5.75 Å². The largest absolute Gasteiger partial charge is 0.494 e. The molecule has 1 atom stereocenters. The normalized spacial score (nSPS) is 12.8. The summed E-state index contributed by atoms with van der Waals surface area (Å²) in [5.74, 6) is -0.592. The first-order valence-electron chi connectivity index (χ1n) is 10.5. The number of nitrogens with one attached hydrogen (secondary N) is 1. The summed E-state index contributed by atoms with van der Waals surface area (Å²) in [5, 5.41) is 2.80. The van der Waals surface area contributed by atoms with Crippen LogP contribution in [0.1, 0.15) is 31.9 Å². The van der Waals surface area contributed by atoms with Gasteiger partial charge in [0.15, 0.2) is 11.6 Å². The highest BCUT2D eigenvalue weighted by Gasteiger charge is 2.25. The van der Waals surface area contributed by atoms with Crippen molar-refractivity contribution in [2.24, 2.45) is 0 Å². The molecular formula is C23H32FN3O4S. The van der Waals surface area contributed by atoms with Gasteiger partial charge in [-0.15, -0.1) is 0 Å². The van der Waals surface area contributed by atoms with E-state index in [1.807, 2.05) is 0 Å². The highest BCUT2D eigenvalue weighted by Crippen LogP contribution is 2.24. The highest BCUT2D eigenvalue weighted by molar-refractivity contribution is 7.89. The van der Waals surface area contributed by atoms with Crippen LogP contribution in [0.4, 0.5) is 10.1 Å². The smallest absolute Gasteiger partial charge is 0.243 e. The maximum Gasteiger partial charge on any atom is 0.243 e. The third kappa shape index (κ3) is 5.85. The molecule has 9 heteroatoms. The van der Waals surface area contributed by atoms with Crippen LogP contribution in [0.5, 0.6) is 5.75 Å². The average Bonchev–Trinajstić information content (AvgIpc) is 2.75. The molecule has 2 aromatic rings. The van der Waals surface area contributed by atoms with Crippen molar-refractivity contribution in [2.75, 3.05) is 32.6 Å². The number of halogens is 1. The molecule has 0 aliphatic heterocycles. The van der Waals surface area contributed by atoms with Crippen LogP contribution >= 0.6 is 0 Å². The zero-order valence-electron chi connectivity index (χ0n) is 19.5. The standard InChI is InChI=1S/C23H32FN3O4S/c1-7-27(8-2)32(29,30)22-14-19(11-9-16(22)3)25-23(28)17(4)26(5)15-18-10-12-21(31-6)20(24)13-18/h9-14,17H,7-8,15H2,1-6H3,(H,25,28). The maximum absolute atomic E-state index is 13.9. The number of methoxy groups -OCH3 is 1. The van der Waals surface area contributed by atoms with Crippen LogP contribution in [0.2, 0.25) is 0 Å². The second-order valence-electron chi connectivity index (χ2n) is 7.62. The Morgan fingerprint density at radius 2 is 1.81 bits per heavy atom. The minimum Gasteiger partial charge on any atom is -0.494 e. The summed E-state index contributed by atoms with van der Waals surface area (Å²) in [4.78, 5) is 14.7. The molecule has 0 heterocycles. The molecule has 0 aliphatic rings. The molecule has 0 bridgehead atoms. The summed E-state index contributed by atoms with van der Waals surface area (Å²) in [6.45, 7) is 8.11. The minimum atomic E-state index is -3.65. The molecule has 0 saturated heterocycles. The molecule has 0 saturated carbocycles. The number of rotatable bonds is 10. The van der Waals surface area contributed by atoms with Crippen LogP contribution in [0.25, 0.3) is 0 Å². The SMILES string of the molecule is CCN(CC)S(=O)(=O)c1cc(NC(=O)C(C)N(C)Cc2ccc(OC)c(F)c2)ccc1C.